The number of rotatable bonds is 8. The maximum atomic E-state index is 5.84. The van der Waals surface area contributed by atoms with E-state index in [1.54, 1.807) is 0 Å². The van der Waals surface area contributed by atoms with Crippen LogP contribution in [0.2, 0.25) is 0 Å². The van der Waals surface area contributed by atoms with Crippen molar-refractivity contribution in [3.8, 4) is 5.75 Å². The molecule has 2 rings (SSSR count). The first-order valence-corrected chi connectivity index (χ1v) is 7.15. The van der Waals surface area contributed by atoms with Crippen molar-refractivity contribution >= 4 is 5.69 Å². The Balaban J connectivity index is 1.84. The lowest BCUT2D eigenvalue weighted by Gasteiger charge is -2.15. The van der Waals surface area contributed by atoms with Gasteiger partial charge in [0.15, 0.2) is 0 Å². The molecule has 0 radical (unpaired) electrons. The first-order valence-electron chi connectivity index (χ1n) is 7.15. The lowest BCUT2D eigenvalue weighted by molar-refractivity contribution is 0.259. The highest BCUT2D eigenvalue weighted by molar-refractivity contribution is 5.41. The third-order valence-electron chi connectivity index (χ3n) is 3.05. The average molecular weight is 285 g/mol. The van der Waals surface area contributed by atoms with Crippen LogP contribution in [-0.2, 0) is 6.54 Å². The number of hydrogen-bond acceptors (Lipinski definition) is 4. The number of nitrogens with one attached hydrogen (secondary N) is 2. The molecule has 0 aromatic heterocycles. The van der Waals surface area contributed by atoms with E-state index >= 15 is 0 Å². The van der Waals surface area contributed by atoms with Crippen molar-refractivity contribution in [1.29, 1.82) is 0 Å². The van der Waals surface area contributed by atoms with Gasteiger partial charge in [0, 0.05) is 24.3 Å². The predicted molar refractivity (Wildman–Crippen MR) is 87.4 cm³/mol. The molecular formula is C17H23N3O. The van der Waals surface area contributed by atoms with Crippen molar-refractivity contribution in [2.24, 2.45) is 0 Å². The number of anilines is 1. The highest BCUT2D eigenvalue weighted by atomic mass is 16.5. The standard InChI is InChI=1S/C17H23N3O/c1-20(2)12-13-21-17-11-7-6-8-15(17)14-18-19-16-9-4-3-5-10-16/h3-11,18-19H,12-14H2,1-2H3. The number of benzene rings is 2. The fourth-order valence-corrected chi connectivity index (χ4v) is 1.89. The molecule has 4 nitrogen and oxygen atoms in total. The van der Waals surface area contributed by atoms with E-state index < -0.39 is 0 Å². The van der Waals surface area contributed by atoms with Crippen molar-refractivity contribution in [3.05, 3.63) is 60.2 Å². The van der Waals surface area contributed by atoms with Gasteiger partial charge in [-0.25, -0.2) is 5.43 Å². The molecule has 0 bridgehead atoms. The number of nitrogens with zero attached hydrogens (tertiary/aromatic N) is 1. The van der Waals surface area contributed by atoms with Crippen LogP contribution in [0.4, 0.5) is 5.69 Å². The van der Waals surface area contributed by atoms with Crippen LogP contribution >= 0.6 is 0 Å². The second-order valence-electron chi connectivity index (χ2n) is 5.10. The Morgan fingerprint density at radius 3 is 2.43 bits per heavy atom. The molecule has 0 atom stereocenters. The van der Waals surface area contributed by atoms with Gasteiger partial charge in [-0.15, -0.1) is 0 Å². The number of hydrazine groups is 1. The van der Waals surface area contributed by atoms with E-state index in [0.29, 0.717) is 13.2 Å². The third kappa shape index (κ3) is 5.45. The highest BCUT2D eigenvalue weighted by Crippen LogP contribution is 2.17. The molecule has 0 aliphatic rings. The smallest absolute Gasteiger partial charge is 0.123 e. The summed E-state index contributed by atoms with van der Waals surface area (Å²) in [5.74, 6) is 0.932. The van der Waals surface area contributed by atoms with Gasteiger partial charge >= 0.3 is 0 Å². The average Bonchev–Trinajstić information content (AvgIpc) is 2.49. The maximum absolute atomic E-state index is 5.84. The third-order valence-corrected chi connectivity index (χ3v) is 3.05. The zero-order valence-electron chi connectivity index (χ0n) is 12.7. The molecule has 21 heavy (non-hydrogen) atoms. The Labute approximate surface area is 126 Å². The summed E-state index contributed by atoms with van der Waals surface area (Å²) < 4.78 is 5.84. The Morgan fingerprint density at radius 1 is 0.952 bits per heavy atom. The zero-order chi connectivity index (χ0) is 14.9. The Kier molecular flexibility index (Phi) is 6.06. The first-order chi connectivity index (χ1) is 10.3. The van der Waals surface area contributed by atoms with Crippen molar-refractivity contribution < 1.29 is 4.74 Å². The second-order valence-corrected chi connectivity index (χ2v) is 5.10. The molecule has 0 saturated heterocycles. The normalized spacial score (nSPS) is 10.6. The number of ether oxygens (including phenoxy) is 1. The van der Waals surface area contributed by atoms with Crippen molar-refractivity contribution in [3.63, 3.8) is 0 Å². The van der Waals surface area contributed by atoms with E-state index in [0.717, 1.165) is 23.5 Å². The number of hydrogen-bond donors (Lipinski definition) is 2. The zero-order valence-corrected chi connectivity index (χ0v) is 12.7. The van der Waals surface area contributed by atoms with Crippen LogP contribution in [0.3, 0.4) is 0 Å². The van der Waals surface area contributed by atoms with E-state index in [1.165, 1.54) is 0 Å². The SMILES string of the molecule is CN(C)CCOc1ccccc1CNNc1ccccc1. The van der Waals surface area contributed by atoms with E-state index in [2.05, 4.69) is 21.8 Å². The van der Waals surface area contributed by atoms with E-state index in [1.807, 2.05) is 62.6 Å². The van der Waals surface area contributed by atoms with E-state index in [9.17, 15) is 0 Å². The number of para-hydroxylation sites is 2. The molecule has 0 amide bonds. The summed E-state index contributed by atoms with van der Waals surface area (Å²) in [5.41, 5.74) is 8.58. The van der Waals surface area contributed by atoms with Gasteiger partial charge in [0.1, 0.15) is 12.4 Å². The highest BCUT2D eigenvalue weighted by Gasteiger charge is 2.02. The molecule has 4 heteroatoms. The summed E-state index contributed by atoms with van der Waals surface area (Å²) in [6, 6.07) is 18.2. The molecule has 2 aromatic rings. The summed E-state index contributed by atoms with van der Waals surface area (Å²) in [7, 11) is 4.08. The summed E-state index contributed by atoms with van der Waals surface area (Å²) in [6.45, 7) is 2.30. The minimum atomic E-state index is 0.691. The van der Waals surface area contributed by atoms with Gasteiger partial charge < -0.3 is 15.1 Å². The molecule has 2 aromatic carbocycles. The largest absolute Gasteiger partial charge is 0.492 e. The molecule has 0 aliphatic carbocycles. The molecule has 0 fully saturated rings. The minimum Gasteiger partial charge on any atom is -0.492 e. The molecule has 112 valence electrons. The van der Waals surface area contributed by atoms with Gasteiger partial charge in [-0.1, -0.05) is 36.4 Å². The van der Waals surface area contributed by atoms with Crippen molar-refractivity contribution in [2.45, 2.75) is 6.54 Å². The quantitative estimate of drug-likeness (QED) is 0.731. The van der Waals surface area contributed by atoms with Crippen molar-refractivity contribution in [1.82, 2.24) is 10.3 Å². The molecule has 0 aliphatic heterocycles. The lowest BCUT2D eigenvalue weighted by Crippen LogP contribution is -2.22. The van der Waals surface area contributed by atoms with Gasteiger partial charge in [0.25, 0.3) is 0 Å². The molecule has 0 spiro atoms. The molecule has 2 N–H and O–H groups in total. The summed E-state index contributed by atoms with van der Waals surface area (Å²) in [4.78, 5) is 2.11. The fraction of sp³-hybridized carbons (Fsp3) is 0.294. The van der Waals surface area contributed by atoms with Gasteiger partial charge in [-0.2, -0.15) is 0 Å². The Hall–Kier alpha value is -2.04. The predicted octanol–water partition coefficient (Wildman–Crippen LogP) is 2.74. The topological polar surface area (TPSA) is 36.5 Å². The monoisotopic (exact) mass is 285 g/mol. The lowest BCUT2D eigenvalue weighted by atomic mass is 10.2. The first kappa shape index (κ1) is 15.4. The van der Waals surface area contributed by atoms with Gasteiger partial charge in [0.05, 0.1) is 0 Å². The maximum Gasteiger partial charge on any atom is 0.123 e. The van der Waals surface area contributed by atoms with Crippen LogP contribution in [0, 0.1) is 0 Å². The van der Waals surface area contributed by atoms with Crippen LogP contribution in [0.5, 0.6) is 5.75 Å². The van der Waals surface area contributed by atoms with Crippen LogP contribution in [-0.4, -0.2) is 32.1 Å². The van der Waals surface area contributed by atoms with Crippen LogP contribution in [0.25, 0.3) is 0 Å². The fourth-order valence-electron chi connectivity index (χ4n) is 1.89. The Bertz CT molecular complexity index is 529. The van der Waals surface area contributed by atoms with Gasteiger partial charge in [0.2, 0.25) is 0 Å². The minimum absolute atomic E-state index is 0.691. The van der Waals surface area contributed by atoms with Crippen LogP contribution < -0.4 is 15.6 Å². The van der Waals surface area contributed by atoms with Gasteiger partial charge in [-0.3, -0.25) is 0 Å². The summed E-state index contributed by atoms with van der Waals surface area (Å²) in [6.07, 6.45) is 0. The molecule has 0 saturated carbocycles. The van der Waals surface area contributed by atoms with Crippen molar-refractivity contribution in [2.75, 3.05) is 32.7 Å². The Morgan fingerprint density at radius 2 is 1.67 bits per heavy atom. The molecular weight excluding hydrogens is 262 g/mol. The number of likely N-dealkylation sites (N-methyl/N-ethyl adjacent to an activating group) is 1. The van der Waals surface area contributed by atoms with Crippen LogP contribution in [0.1, 0.15) is 5.56 Å². The summed E-state index contributed by atoms with van der Waals surface area (Å²) in [5, 5.41) is 0. The molecule has 0 heterocycles. The van der Waals surface area contributed by atoms with Crippen LogP contribution in [0.15, 0.2) is 54.6 Å². The van der Waals surface area contributed by atoms with E-state index in [4.69, 9.17) is 4.74 Å². The second kappa shape index (κ2) is 8.29. The van der Waals surface area contributed by atoms with Gasteiger partial charge in [-0.05, 0) is 32.3 Å². The summed E-state index contributed by atoms with van der Waals surface area (Å²) >= 11 is 0. The molecule has 0 unspecified atom stereocenters. The van der Waals surface area contributed by atoms with E-state index in [-0.39, 0.29) is 0 Å².